The van der Waals surface area contributed by atoms with E-state index in [1.807, 2.05) is 18.2 Å². The summed E-state index contributed by atoms with van der Waals surface area (Å²) in [6, 6.07) is 5.68. The van der Waals surface area contributed by atoms with E-state index >= 15 is 0 Å². The Hall–Kier alpha value is -1.95. The Balaban J connectivity index is 1.60. The van der Waals surface area contributed by atoms with Gasteiger partial charge in [0.15, 0.2) is 5.60 Å². The highest BCUT2D eigenvalue weighted by Crippen LogP contribution is 2.30. The van der Waals surface area contributed by atoms with E-state index in [9.17, 15) is 4.79 Å². The van der Waals surface area contributed by atoms with Gasteiger partial charge in [-0.3, -0.25) is 9.78 Å². The molecule has 1 aromatic rings. The summed E-state index contributed by atoms with van der Waals surface area (Å²) >= 11 is 0. The number of oxime groups is 1. The first kappa shape index (κ1) is 14.0. The lowest BCUT2D eigenvalue weighted by Gasteiger charge is -2.31. The van der Waals surface area contributed by atoms with Crippen molar-refractivity contribution < 1.29 is 9.63 Å². The second-order valence-electron chi connectivity index (χ2n) is 5.75. The smallest absolute Gasteiger partial charge is 0.271 e. The SMILES string of the molecule is CN(Cc1ccccn1)C(=O)C1=NO[C@@]2(CCCNC2)C1. The van der Waals surface area contributed by atoms with Gasteiger partial charge in [0.25, 0.3) is 5.91 Å². The van der Waals surface area contributed by atoms with Crippen LogP contribution in [0.5, 0.6) is 0 Å². The molecule has 2 aliphatic heterocycles. The summed E-state index contributed by atoms with van der Waals surface area (Å²) in [5.41, 5.74) is 1.06. The third kappa shape index (κ3) is 3.05. The zero-order valence-electron chi connectivity index (χ0n) is 12.2. The van der Waals surface area contributed by atoms with Gasteiger partial charge in [-0.1, -0.05) is 11.2 Å². The standard InChI is InChI=1S/C15H20N4O2/c1-19(10-12-5-2-3-8-17-12)14(20)13-9-15(21-18-13)6-4-7-16-11-15/h2-3,5,8,16H,4,6-7,9-11H2,1H3/t15-/m0/s1. The lowest BCUT2D eigenvalue weighted by molar-refractivity contribution is -0.123. The number of pyridine rings is 1. The van der Waals surface area contributed by atoms with E-state index in [1.54, 1.807) is 18.1 Å². The Morgan fingerprint density at radius 3 is 3.14 bits per heavy atom. The van der Waals surface area contributed by atoms with E-state index in [1.165, 1.54) is 0 Å². The fourth-order valence-electron chi connectivity index (χ4n) is 2.83. The third-order valence-corrected chi connectivity index (χ3v) is 3.99. The summed E-state index contributed by atoms with van der Waals surface area (Å²) < 4.78 is 0. The van der Waals surface area contributed by atoms with Crippen LogP contribution in [0.1, 0.15) is 25.0 Å². The van der Waals surface area contributed by atoms with Gasteiger partial charge < -0.3 is 15.1 Å². The maximum atomic E-state index is 12.4. The molecule has 0 aromatic carbocycles. The van der Waals surface area contributed by atoms with E-state index in [4.69, 9.17) is 4.84 Å². The van der Waals surface area contributed by atoms with E-state index in [0.717, 1.165) is 31.6 Å². The molecule has 2 aliphatic rings. The number of hydrogen-bond acceptors (Lipinski definition) is 5. The third-order valence-electron chi connectivity index (χ3n) is 3.99. The van der Waals surface area contributed by atoms with Crippen molar-refractivity contribution >= 4 is 11.6 Å². The maximum absolute atomic E-state index is 12.4. The second kappa shape index (κ2) is 5.81. The first-order chi connectivity index (χ1) is 10.2. The Kier molecular flexibility index (Phi) is 3.88. The highest BCUT2D eigenvalue weighted by atomic mass is 16.7. The molecule has 0 saturated carbocycles. The summed E-state index contributed by atoms with van der Waals surface area (Å²) in [6.45, 7) is 2.25. The highest BCUT2D eigenvalue weighted by molar-refractivity contribution is 6.39. The van der Waals surface area contributed by atoms with Gasteiger partial charge in [-0.25, -0.2) is 0 Å². The molecule has 0 radical (unpaired) electrons. The molecule has 1 aromatic heterocycles. The van der Waals surface area contributed by atoms with Crippen LogP contribution in [-0.2, 0) is 16.2 Å². The van der Waals surface area contributed by atoms with Crippen LogP contribution in [0.15, 0.2) is 29.6 Å². The van der Waals surface area contributed by atoms with Crippen molar-refractivity contribution in [3.05, 3.63) is 30.1 Å². The molecule has 6 heteroatoms. The zero-order valence-corrected chi connectivity index (χ0v) is 12.2. The lowest BCUT2D eigenvalue weighted by atomic mass is 9.89. The molecule has 3 heterocycles. The number of rotatable bonds is 3. The van der Waals surface area contributed by atoms with Crippen molar-refractivity contribution in [3.8, 4) is 0 Å². The maximum Gasteiger partial charge on any atom is 0.271 e. The molecule has 112 valence electrons. The summed E-state index contributed by atoms with van der Waals surface area (Å²) in [6.07, 6.45) is 4.32. The van der Waals surface area contributed by atoms with Crippen LogP contribution in [0.25, 0.3) is 0 Å². The number of carbonyl (C=O) groups excluding carboxylic acids is 1. The van der Waals surface area contributed by atoms with E-state index in [-0.39, 0.29) is 11.5 Å². The molecule has 1 N–H and O–H groups in total. The molecular formula is C15H20N4O2. The first-order valence-corrected chi connectivity index (χ1v) is 7.30. The van der Waals surface area contributed by atoms with Crippen molar-refractivity contribution in [1.82, 2.24) is 15.2 Å². The van der Waals surface area contributed by atoms with Gasteiger partial charge in [-0.05, 0) is 31.5 Å². The number of nitrogens with zero attached hydrogens (tertiary/aromatic N) is 3. The molecule has 0 aliphatic carbocycles. The summed E-state index contributed by atoms with van der Waals surface area (Å²) in [5.74, 6) is -0.0805. The predicted molar refractivity (Wildman–Crippen MR) is 78.7 cm³/mol. The van der Waals surface area contributed by atoms with Crippen molar-refractivity contribution in [1.29, 1.82) is 0 Å². The minimum atomic E-state index is -0.310. The zero-order chi connectivity index (χ0) is 14.7. The van der Waals surface area contributed by atoms with E-state index in [2.05, 4.69) is 15.5 Å². The molecular weight excluding hydrogens is 268 g/mol. The lowest BCUT2D eigenvalue weighted by Crippen LogP contribution is -2.46. The Morgan fingerprint density at radius 2 is 2.43 bits per heavy atom. The van der Waals surface area contributed by atoms with Gasteiger partial charge in [0, 0.05) is 26.2 Å². The molecule has 1 amide bonds. The Labute approximate surface area is 124 Å². The average molecular weight is 288 g/mol. The summed E-state index contributed by atoms with van der Waals surface area (Å²) in [7, 11) is 1.77. The van der Waals surface area contributed by atoms with Crippen molar-refractivity contribution in [2.75, 3.05) is 20.1 Å². The molecule has 0 unspecified atom stereocenters. The first-order valence-electron chi connectivity index (χ1n) is 7.30. The topological polar surface area (TPSA) is 66.8 Å². The van der Waals surface area contributed by atoms with Gasteiger partial charge >= 0.3 is 0 Å². The van der Waals surface area contributed by atoms with Crippen LogP contribution < -0.4 is 5.32 Å². The number of carbonyl (C=O) groups is 1. The molecule has 3 rings (SSSR count). The van der Waals surface area contributed by atoms with Gasteiger partial charge in [0.2, 0.25) is 0 Å². The number of nitrogens with one attached hydrogen (secondary N) is 1. The average Bonchev–Trinajstić information content (AvgIpc) is 2.92. The number of aromatic nitrogens is 1. The van der Waals surface area contributed by atoms with Gasteiger partial charge in [-0.2, -0.15) is 0 Å². The summed E-state index contributed by atoms with van der Waals surface area (Å²) in [5, 5.41) is 7.35. The van der Waals surface area contributed by atoms with Gasteiger partial charge in [-0.15, -0.1) is 0 Å². The minimum absolute atomic E-state index is 0.0805. The molecule has 1 fully saturated rings. The molecule has 21 heavy (non-hydrogen) atoms. The largest absolute Gasteiger partial charge is 0.387 e. The second-order valence-corrected chi connectivity index (χ2v) is 5.75. The van der Waals surface area contributed by atoms with Crippen molar-refractivity contribution in [3.63, 3.8) is 0 Å². The predicted octanol–water partition coefficient (Wildman–Crippen LogP) is 0.938. The normalized spacial score (nSPS) is 24.5. The van der Waals surface area contributed by atoms with Crippen molar-refractivity contribution in [2.45, 2.75) is 31.4 Å². The summed E-state index contributed by atoms with van der Waals surface area (Å²) in [4.78, 5) is 23.9. The van der Waals surface area contributed by atoms with Crippen LogP contribution in [0.4, 0.5) is 0 Å². The van der Waals surface area contributed by atoms with Crippen LogP contribution in [0.3, 0.4) is 0 Å². The number of amides is 1. The van der Waals surface area contributed by atoms with Gasteiger partial charge in [0.05, 0.1) is 12.2 Å². The molecule has 6 nitrogen and oxygen atoms in total. The van der Waals surface area contributed by atoms with Crippen LogP contribution in [0.2, 0.25) is 0 Å². The van der Waals surface area contributed by atoms with Crippen LogP contribution in [0, 0.1) is 0 Å². The fourth-order valence-corrected chi connectivity index (χ4v) is 2.83. The quantitative estimate of drug-likeness (QED) is 0.899. The number of piperidine rings is 1. The molecule has 0 bridgehead atoms. The highest BCUT2D eigenvalue weighted by Gasteiger charge is 2.42. The Bertz CT molecular complexity index is 538. The van der Waals surface area contributed by atoms with Crippen LogP contribution >= 0.6 is 0 Å². The minimum Gasteiger partial charge on any atom is -0.387 e. The molecule has 1 atom stereocenters. The monoisotopic (exact) mass is 288 g/mol. The fraction of sp³-hybridized carbons (Fsp3) is 0.533. The van der Waals surface area contributed by atoms with E-state index in [0.29, 0.717) is 18.7 Å². The van der Waals surface area contributed by atoms with Gasteiger partial charge in [0.1, 0.15) is 5.71 Å². The molecule has 1 saturated heterocycles. The molecule has 1 spiro atoms. The van der Waals surface area contributed by atoms with Crippen molar-refractivity contribution in [2.24, 2.45) is 5.16 Å². The van der Waals surface area contributed by atoms with E-state index < -0.39 is 0 Å². The van der Waals surface area contributed by atoms with Crippen LogP contribution in [-0.4, -0.2) is 47.2 Å². The number of hydrogen-bond donors (Lipinski definition) is 1. The Morgan fingerprint density at radius 1 is 1.52 bits per heavy atom.